The summed E-state index contributed by atoms with van der Waals surface area (Å²) < 4.78 is 0. The molecule has 0 heterocycles. The van der Waals surface area contributed by atoms with Crippen molar-refractivity contribution in [3.8, 4) is 6.07 Å². The number of carbonyl (C=O) groups is 1. The fraction of sp³-hybridized carbons (Fsp3) is 0.250. The molecule has 3 heteroatoms. The van der Waals surface area contributed by atoms with Gasteiger partial charge in [0.25, 0.3) is 0 Å². The molecule has 0 saturated heterocycles. The van der Waals surface area contributed by atoms with Gasteiger partial charge in [-0.15, -0.1) is 0 Å². The fourth-order valence-electron chi connectivity index (χ4n) is 0.574. The molecule has 0 saturated carbocycles. The Balaban J connectivity index is 4.39. The molecular formula is C8H9NO2. The summed E-state index contributed by atoms with van der Waals surface area (Å²) in [5.74, 6) is -1.00. The van der Waals surface area contributed by atoms with E-state index in [2.05, 4.69) is 0 Å². The van der Waals surface area contributed by atoms with Crippen molar-refractivity contribution in [1.82, 2.24) is 0 Å². The van der Waals surface area contributed by atoms with Crippen LogP contribution in [0.3, 0.4) is 0 Å². The average molecular weight is 151 g/mol. The Hall–Kier alpha value is -1.56. The highest BCUT2D eigenvalue weighted by Gasteiger charge is 1.99. The number of nitrogens with zero attached hydrogens (tertiary/aromatic N) is 1. The molecule has 0 aliphatic carbocycles. The first-order valence-electron chi connectivity index (χ1n) is 3.22. The molecule has 0 radical (unpaired) electrons. The van der Waals surface area contributed by atoms with Crippen LogP contribution >= 0.6 is 0 Å². The molecular weight excluding hydrogens is 142 g/mol. The van der Waals surface area contributed by atoms with E-state index in [-0.39, 0.29) is 5.57 Å². The second-order valence-corrected chi connectivity index (χ2v) is 1.84. The lowest BCUT2D eigenvalue weighted by Crippen LogP contribution is -1.96. The van der Waals surface area contributed by atoms with Gasteiger partial charge in [0.15, 0.2) is 0 Å². The van der Waals surface area contributed by atoms with E-state index in [0.29, 0.717) is 6.42 Å². The molecule has 58 valence electrons. The smallest absolute Gasteiger partial charge is 0.335 e. The summed E-state index contributed by atoms with van der Waals surface area (Å²) in [7, 11) is 0. The topological polar surface area (TPSA) is 61.1 Å². The van der Waals surface area contributed by atoms with Gasteiger partial charge in [-0.05, 0) is 12.5 Å². The molecule has 0 aromatic heterocycles. The van der Waals surface area contributed by atoms with Crippen LogP contribution in [0.25, 0.3) is 0 Å². The monoisotopic (exact) mass is 151 g/mol. The number of carboxylic acids is 1. The molecule has 0 unspecified atom stereocenters. The standard InChI is InChI=1S/C8H9NO2/c1-2-4-7(8(10)11)5-3-6-9/h3-5H,2H2,1H3,(H,10,11). The quantitative estimate of drug-likeness (QED) is 0.377. The third kappa shape index (κ3) is 3.93. The van der Waals surface area contributed by atoms with Crippen LogP contribution in [0.5, 0.6) is 0 Å². The van der Waals surface area contributed by atoms with E-state index >= 15 is 0 Å². The SMILES string of the molecule is CCC=C(C=CC#N)C(=O)O. The normalized spacial score (nSPS) is 11.5. The maximum atomic E-state index is 10.4. The van der Waals surface area contributed by atoms with Crippen LogP contribution in [-0.2, 0) is 4.79 Å². The van der Waals surface area contributed by atoms with Crippen LogP contribution in [0.2, 0.25) is 0 Å². The average Bonchev–Trinajstić information content (AvgIpc) is 1.97. The minimum absolute atomic E-state index is 0.161. The van der Waals surface area contributed by atoms with E-state index in [1.54, 1.807) is 12.1 Å². The van der Waals surface area contributed by atoms with Crippen molar-refractivity contribution in [2.75, 3.05) is 0 Å². The van der Waals surface area contributed by atoms with Gasteiger partial charge in [-0.25, -0.2) is 4.79 Å². The Labute approximate surface area is 65.3 Å². The number of nitriles is 1. The first-order chi connectivity index (χ1) is 5.22. The van der Waals surface area contributed by atoms with Crippen LogP contribution < -0.4 is 0 Å². The molecule has 0 atom stereocenters. The molecule has 0 fully saturated rings. The van der Waals surface area contributed by atoms with E-state index in [1.165, 1.54) is 6.08 Å². The Morgan fingerprint density at radius 1 is 1.73 bits per heavy atom. The molecule has 0 aliphatic heterocycles. The van der Waals surface area contributed by atoms with Crippen molar-refractivity contribution in [3.63, 3.8) is 0 Å². The molecule has 0 aromatic carbocycles. The minimum Gasteiger partial charge on any atom is -0.478 e. The van der Waals surface area contributed by atoms with Crippen molar-refractivity contribution in [2.45, 2.75) is 13.3 Å². The lowest BCUT2D eigenvalue weighted by atomic mass is 10.2. The van der Waals surface area contributed by atoms with E-state index in [0.717, 1.165) is 6.08 Å². The van der Waals surface area contributed by atoms with Crippen LogP contribution in [0.15, 0.2) is 23.8 Å². The van der Waals surface area contributed by atoms with Crippen LogP contribution in [0.1, 0.15) is 13.3 Å². The largest absolute Gasteiger partial charge is 0.478 e. The highest BCUT2D eigenvalue weighted by molar-refractivity contribution is 5.89. The van der Waals surface area contributed by atoms with Crippen molar-refractivity contribution < 1.29 is 9.90 Å². The van der Waals surface area contributed by atoms with E-state index < -0.39 is 5.97 Å². The molecule has 0 bridgehead atoms. The number of rotatable bonds is 3. The van der Waals surface area contributed by atoms with Gasteiger partial charge in [0, 0.05) is 6.08 Å². The Morgan fingerprint density at radius 2 is 2.36 bits per heavy atom. The zero-order chi connectivity index (χ0) is 8.69. The summed E-state index contributed by atoms with van der Waals surface area (Å²) in [6.45, 7) is 1.84. The van der Waals surface area contributed by atoms with Crippen molar-refractivity contribution in [3.05, 3.63) is 23.8 Å². The van der Waals surface area contributed by atoms with Crippen molar-refractivity contribution >= 4 is 5.97 Å². The van der Waals surface area contributed by atoms with E-state index in [1.807, 2.05) is 6.92 Å². The highest BCUT2D eigenvalue weighted by atomic mass is 16.4. The van der Waals surface area contributed by atoms with Crippen molar-refractivity contribution in [2.24, 2.45) is 0 Å². The summed E-state index contributed by atoms with van der Waals surface area (Å²) in [6.07, 6.45) is 4.63. The van der Waals surface area contributed by atoms with Gasteiger partial charge in [0.2, 0.25) is 0 Å². The lowest BCUT2D eigenvalue weighted by Gasteiger charge is -1.90. The molecule has 0 aromatic rings. The van der Waals surface area contributed by atoms with Gasteiger partial charge < -0.3 is 5.11 Å². The first kappa shape index (κ1) is 9.44. The molecule has 0 aliphatic rings. The Kier molecular flexibility index (Phi) is 4.50. The summed E-state index contributed by atoms with van der Waals surface area (Å²) in [5, 5.41) is 16.6. The summed E-state index contributed by atoms with van der Waals surface area (Å²) in [6, 6.07) is 1.73. The lowest BCUT2D eigenvalue weighted by molar-refractivity contribution is -0.132. The van der Waals surface area contributed by atoms with Crippen LogP contribution in [0.4, 0.5) is 0 Å². The van der Waals surface area contributed by atoms with Gasteiger partial charge >= 0.3 is 5.97 Å². The summed E-state index contributed by atoms with van der Waals surface area (Å²) in [5.41, 5.74) is 0.161. The first-order valence-corrected chi connectivity index (χ1v) is 3.22. The maximum absolute atomic E-state index is 10.4. The summed E-state index contributed by atoms with van der Waals surface area (Å²) >= 11 is 0. The van der Waals surface area contributed by atoms with Gasteiger partial charge in [0.1, 0.15) is 0 Å². The number of hydrogen-bond acceptors (Lipinski definition) is 2. The van der Waals surface area contributed by atoms with E-state index in [4.69, 9.17) is 10.4 Å². The van der Waals surface area contributed by atoms with Gasteiger partial charge in [-0.2, -0.15) is 5.26 Å². The second kappa shape index (κ2) is 5.24. The molecule has 11 heavy (non-hydrogen) atoms. The number of aliphatic carboxylic acids is 1. The number of hydrogen-bond donors (Lipinski definition) is 1. The van der Waals surface area contributed by atoms with E-state index in [9.17, 15) is 4.79 Å². The summed E-state index contributed by atoms with van der Waals surface area (Å²) in [4.78, 5) is 10.4. The van der Waals surface area contributed by atoms with Crippen molar-refractivity contribution in [1.29, 1.82) is 5.26 Å². The number of allylic oxidation sites excluding steroid dienone is 2. The van der Waals surface area contributed by atoms with Crippen LogP contribution in [-0.4, -0.2) is 11.1 Å². The maximum Gasteiger partial charge on any atom is 0.335 e. The molecule has 3 nitrogen and oxygen atoms in total. The fourth-order valence-corrected chi connectivity index (χ4v) is 0.574. The predicted octanol–water partition coefficient (Wildman–Crippen LogP) is 1.49. The zero-order valence-electron chi connectivity index (χ0n) is 6.24. The zero-order valence-corrected chi connectivity index (χ0v) is 6.24. The third-order valence-corrected chi connectivity index (χ3v) is 1.01. The minimum atomic E-state index is -1.00. The van der Waals surface area contributed by atoms with Gasteiger partial charge in [0.05, 0.1) is 11.6 Å². The Morgan fingerprint density at radius 3 is 2.73 bits per heavy atom. The van der Waals surface area contributed by atoms with Gasteiger partial charge in [-0.1, -0.05) is 13.0 Å². The second-order valence-electron chi connectivity index (χ2n) is 1.84. The Bertz CT molecular complexity index is 233. The molecule has 0 spiro atoms. The highest BCUT2D eigenvalue weighted by Crippen LogP contribution is 1.98. The third-order valence-electron chi connectivity index (χ3n) is 1.01. The predicted molar refractivity (Wildman–Crippen MR) is 40.8 cm³/mol. The molecule has 1 N–H and O–H groups in total. The molecule has 0 rings (SSSR count). The number of carboxylic acid groups (broad SMARTS) is 1. The van der Waals surface area contributed by atoms with Crippen LogP contribution in [0, 0.1) is 11.3 Å². The van der Waals surface area contributed by atoms with Gasteiger partial charge in [-0.3, -0.25) is 0 Å². The molecule has 0 amide bonds.